The number of hydrogen-bond acceptors (Lipinski definition) is 4. The van der Waals surface area contributed by atoms with E-state index < -0.39 is 11.4 Å². The van der Waals surface area contributed by atoms with Crippen LogP contribution in [0.15, 0.2) is 18.2 Å². The number of ketones is 1. The maximum atomic E-state index is 12.4. The van der Waals surface area contributed by atoms with Gasteiger partial charge >= 0.3 is 5.97 Å². The third-order valence-corrected chi connectivity index (χ3v) is 7.11. The summed E-state index contributed by atoms with van der Waals surface area (Å²) in [6.45, 7) is 11.7. The maximum Gasteiger partial charge on any atom is 0.335 e. The lowest BCUT2D eigenvalue weighted by Crippen LogP contribution is -2.26. The van der Waals surface area contributed by atoms with Crippen molar-refractivity contribution in [3.8, 4) is 0 Å². The van der Waals surface area contributed by atoms with Crippen LogP contribution in [0.1, 0.15) is 147 Å². The molecule has 0 radical (unpaired) electrons. The monoisotopic (exact) mass is 545 g/mol. The number of carboxylic acids is 1. The molecule has 1 amide bonds. The number of rotatable bonds is 21. The Morgan fingerprint density at radius 2 is 1.44 bits per heavy atom. The van der Waals surface area contributed by atoms with Crippen LogP contribution in [-0.2, 0) is 20.7 Å². The van der Waals surface area contributed by atoms with Crippen molar-refractivity contribution in [3.05, 3.63) is 29.3 Å². The molecule has 1 aromatic carbocycles. The summed E-state index contributed by atoms with van der Waals surface area (Å²) >= 11 is 0. The minimum absolute atomic E-state index is 0.0628. The molecule has 39 heavy (non-hydrogen) atoms. The van der Waals surface area contributed by atoms with E-state index >= 15 is 0 Å². The Kier molecular flexibility index (Phi) is 16.9. The second kappa shape index (κ2) is 19.0. The third kappa shape index (κ3) is 15.8. The number of unbranched alkanes of at least 4 members (excludes halogenated alkanes) is 10. The minimum Gasteiger partial charge on any atom is -0.478 e. The van der Waals surface area contributed by atoms with E-state index in [-0.39, 0.29) is 35.9 Å². The number of carbonyl (C=O) groups excluding carboxylic acids is 2. The standard InChI is InChI=1S/C33H55NO5/c1-7-8-9-10-11-12-13-14-15-16-17-18-28(39-25(2)3)21-19-26-23-27(20-22-29(26)32(37)38)34-31(36)24-30(35)33(4,5)6/h20,22-23,25,28H,7-19,21,24H2,1-6H3,(H,34,36)(H,37,38). The number of amides is 1. The number of hydrogen-bond donors (Lipinski definition) is 2. The summed E-state index contributed by atoms with van der Waals surface area (Å²) in [5, 5.41) is 12.5. The van der Waals surface area contributed by atoms with Crippen LogP contribution >= 0.6 is 0 Å². The van der Waals surface area contributed by atoms with Crippen LogP contribution in [0.2, 0.25) is 0 Å². The van der Waals surface area contributed by atoms with Crippen molar-refractivity contribution in [1.82, 2.24) is 0 Å². The number of ether oxygens (including phenoxy) is 1. The molecule has 1 atom stereocenters. The van der Waals surface area contributed by atoms with Crippen LogP contribution in [-0.4, -0.2) is 35.0 Å². The largest absolute Gasteiger partial charge is 0.478 e. The predicted octanol–water partition coefficient (Wildman–Crippen LogP) is 8.76. The maximum absolute atomic E-state index is 12.4. The smallest absolute Gasteiger partial charge is 0.335 e. The molecule has 0 aliphatic rings. The molecule has 1 unspecified atom stereocenters. The quantitative estimate of drug-likeness (QED) is 0.119. The summed E-state index contributed by atoms with van der Waals surface area (Å²) in [4.78, 5) is 36.5. The highest BCUT2D eigenvalue weighted by molar-refractivity contribution is 6.06. The molecule has 0 spiro atoms. The Hall–Kier alpha value is -2.21. The van der Waals surface area contributed by atoms with Gasteiger partial charge in [0.15, 0.2) is 0 Å². The molecular formula is C33H55NO5. The highest BCUT2D eigenvalue weighted by atomic mass is 16.5. The zero-order valence-electron chi connectivity index (χ0n) is 25.6. The molecule has 1 aromatic rings. The molecule has 0 aromatic heterocycles. The fourth-order valence-corrected chi connectivity index (χ4v) is 4.72. The van der Waals surface area contributed by atoms with Crippen molar-refractivity contribution >= 4 is 23.3 Å². The van der Waals surface area contributed by atoms with Crippen LogP contribution in [0, 0.1) is 5.41 Å². The molecule has 0 saturated carbocycles. The SMILES string of the molecule is CCCCCCCCCCCCCC(CCc1cc(NC(=O)CC(=O)C(C)(C)C)ccc1C(=O)O)OC(C)C. The number of aromatic carboxylic acids is 1. The summed E-state index contributed by atoms with van der Waals surface area (Å²) in [7, 11) is 0. The van der Waals surface area contributed by atoms with Crippen molar-refractivity contribution in [2.75, 3.05) is 5.32 Å². The first-order valence-electron chi connectivity index (χ1n) is 15.3. The van der Waals surface area contributed by atoms with Gasteiger partial charge in [-0.15, -0.1) is 0 Å². The molecule has 0 saturated heterocycles. The van der Waals surface area contributed by atoms with E-state index in [9.17, 15) is 19.5 Å². The molecule has 0 aliphatic heterocycles. The molecule has 2 N–H and O–H groups in total. The molecule has 222 valence electrons. The molecular weight excluding hydrogens is 490 g/mol. The normalized spacial score (nSPS) is 12.5. The summed E-state index contributed by atoms with van der Waals surface area (Å²) in [6, 6.07) is 4.83. The molecule has 0 bridgehead atoms. The van der Waals surface area contributed by atoms with Gasteiger partial charge < -0.3 is 15.2 Å². The van der Waals surface area contributed by atoms with Crippen molar-refractivity contribution in [2.45, 2.75) is 150 Å². The van der Waals surface area contributed by atoms with Gasteiger partial charge in [0.05, 0.1) is 24.2 Å². The van der Waals surface area contributed by atoms with Gasteiger partial charge in [-0.2, -0.15) is 0 Å². The topological polar surface area (TPSA) is 92.7 Å². The lowest BCUT2D eigenvalue weighted by atomic mass is 9.89. The van der Waals surface area contributed by atoms with Gasteiger partial charge in [-0.3, -0.25) is 9.59 Å². The van der Waals surface area contributed by atoms with Gasteiger partial charge in [0.2, 0.25) is 5.91 Å². The van der Waals surface area contributed by atoms with Crippen LogP contribution in [0.4, 0.5) is 5.69 Å². The van der Waals surface area contributed by atoms with Gasteiger partial charge in [-0.1, -0.05) is 98.3 Å². The number of anilines is 1. The lowest BCUT2D eigenvalue weighted by molar-refractivity contribution is -0.130. The number of benzene rings is 1. The molecule has 6 heteroatoms. The van der Waals surface area contributed by atoms with Crippen LogP contribution in [0.3, 0.4) is 0 Å². The number of aryl methyl sites for hydroxylation is 1. The molecule has 0 aliphatic carbocycles. The first kappa shape index (κ1) is 34.8. The van der Waals surface area contributed by atoms with Crippen molar-refractivity contribution in [3.63, 3.8) is 0 Å². The second-order valence-electron chi connectivity index (χ2n) is 12.2. The van der Waals surface area contributed by atoms with Crippen LogP contribution in [0.5, 0.6) is 0 Å². The summed E-state index contributed by atoms with van der Waals surface area (Å²) in [5.74, 6) is -1.52. The Balaban J connectivity index is 2.61. The molecule has 6 nitrogen and oxygen atoms in total. The van der Waals surface area contributed by atoms with E-state index in [1.807, 2.05) is 13.8 Å². The zero-order chi connectivity index (χ0) is 29.3. The van der Waals surface area contributed by atoms with E-state index in [1.54, 1.807) is 32.9 Å². The average Bonchev–Trinajstić information content (AvgIpc) is 2.84. The van der Waals surface area contributed by atoms with Crippen LogP contribution < -0.4 is 5.32 Å². The van der Waals surface area contributed by atoms with Crippen molar-refractivity contribution < 1.29 is 24.2 Å². The summed E-state index contributed by atoms with van der Waals surface area (Å²) in [6.07, 6.45) is 16.5. The predicted molar refractivity (Wildman–Crippen MR) is 161 cm³/mol. The van der Waals surface area contributed by atoms with Gasteiger partial charge in [0.1, 0.15) is 5.78 Å². The fraction of sp³-hybridized carbons (Fsp3) is 0.727. The Morgan fingerprint density at radius 3 is 1.95 bits per heavy atom. The Morgan fingerprint density at radius 1 is 0.872 bits per heavy atom. The third-order valence-electron chi connectivity index (χ3n) is 7.11. The van der Waals surface area contributed by atoms with Crippen LogP contribution in [0.25, 0.3) is 0 Å². The molecule has 0 fully saturated rings. The van der Waals surface area contributed by atoms with E-state index in [1.165, 1.54) is 70.3 Å². The summed E-state index contributed by atoms with van der Waals surface area (Å²) in [5.41, 5.74) is 0.818. The zero-order valence-corrected chi connectivity index (χ0v) is 25.6. The van der Waals surface area contributed by atoms with E-state index in [0.29, 0.717) is 17.7 Å². The first-order chi connectivity index (χ1) is 18.4. The van der Waals surface area contributed by atoms with E-state index in [4.69, 9.17) is 4.74 Å². The average molecular weight is 546 g/mol. The number of carbonyl (C=O) groups is 3. The van der Waals surface area contributed by atoms with Gasteiger partial charge in [0, 0.05) is 11.1 Å². The van der Waals surface area contributed by atoms with E-state index in [0.717, 1.165) is 19.3 Å². The Labute approximate surface area is 237 Å². The van der Waals surface area contributed by atoms with Crippen molar-refractivity contribution in [2.24, 2.45) is 5.41 Å². The lowest BCUT2D eigenvalue weighted by Gasteiger charge is -2.21. The molecule has 0 heterocycles. The number of nitrogens with one attached hydrogen (secondary N) is 1. The van der Waals surface area contributed by atoms with Crippen molar-refractivity contribution in [1.29, 1.82) is 0 Å². The highest BCUT2D eigenvalue weighted by Crippen LogP contribution is 2.23. The number of Topliss-reactive ketones (excluding diaryl/α,β-unsaturated/α-hetero) is 1. The van der Waals surface area contributed by atoms with E-state index in [2.05, 4.69) is 12.2 Å². The van der Waals surface area contributed by atoms with Gasteiger partial charge in [-0.05, 0) is 56.9 Å². The molecule has 1 rings (SSSR count). The second-order valence-corrected chi connectivity index (χ2v) is 12.2. The minimum atomic E-state index is -0.988. The first-order valence-corrected chi connectivity index (χ1v) is 15.3. The Bertz CT molecular complexity index is 871. The summed E-state index contributed by atoms with van der Waals surface area (Å²) < 4.78 is 6.18. The number of carboxylic acid groups (broad SMARTS) is 1. The van der Waals surface area contributed by atoms with Gasteiger partial charge in [0.25, 0.3) is 0 Å². The van der Waals surface area contributed by atoms with Gasteiger partial charge in [-0.25, -0.2) is 4.79 Å². The highest BCUT2D eigenvalue weighted by Gasteiger charge is 2.24. The fourth-order valence-electron chi connectivity index (χ4n) is 4.72.